The van der Waals surface area contributed by atoms with E-state index >= 15 is 0 Å². The van der Waals surface area contributed by atoms with Crippen LogP contribution in [-0.4, -0.2) is 37.0 Å². The SMILES string of the molecule is OC1CCC(CC(O)C2c3c(ccnc3F)-c3cncn32)CC1. The molecule has 23 heavy (non-hydrogen) atoms. The summed E-state index contributed by atoms with van der Waals surface area (Å²) in [6.07, 6.45) is 7.87. The molecule has 0 radical (unpaired) electrons. The molecule has 1 fully saturated rings. The number of imidazole rings is 1. The molecule has 2 aromatic heterocycles. The first kappa shape index (κ1) is 14.8. The zero-order chi connectivity index (χ0) is 16.0. The van der Waals surface area contributed by atoms with Crippen molar-refractivity contribution in [1.82, 2.24) is 14.5 Å². The van der Waals surface area contributed by atoms with Crippen molar-refractivity contribution in [2.45, 2.75) is 50.4 Å². The van der Waals surface area contributed by atoms with E-state index < -0.39 is 18.1 Å². The average molecular weight is 317 g/mol. The molecule has 0 bridgehead atoms. The van der Waals surface area contributed by atoms with Crippen LogP contribution >= 0.6 is 0 Å². The van der Waals surface area contributed by atoms with Crippen molar-refractivity contribution in [3.8, 4) is 11.3 Å². The van der Waals surface area contributed by atoms with Gasteiger partial charge in [-0.1, -0.05) is 0 Å². The molecule has 2 aliphatic rings. The lowest BCUT2D eigenvalue weighted by Gasteiger charge is -2.29. The number of aromatic nitrogens is 3. The fourth-order valence-corrected chi connectivity index (χ4v) is 4.06. The van der Waals surface area contributed by atoms with E-state index in [4.69, 9.17) is 0 Å². The van der Waals surface area contributed by atoms with E-state index in [-0.39, 0.29) is 6.10 Å². The first-order chi connectivity index (χ1) is 11.1. The molecule has 2 aromatic rings. The Kier molecular flexibility index (Phi) is 3.66. The highest BCUT2D eigenvalue weighted by atomic mass is 19.1. The Bertz CT molecular complexity index is 710. The maximum Gasteiger partial charge on any atom is 0.218 e. The lowest BCUT2D eigenvalue weighted by molar-refractivity contribution is 0.0650. The van der Waals surface area contributed by atoms with Gasteiger partial charge in [-0.3, -0.25) is 0 Å². The first-order valence-electron chi connectivity index (χ1n) is 8.18. The van der Waals surface area contributed by atoms with Crippen molar-refractivity contribution in [2.24, 2.45) is 5.92 Å². The van der Waals surface area contributed by atoms with E-state index in [1.807, 2.05) is 4.57 Å². The Morgan fingerprint density at radius 2 is 2.09 bits per heavy atom. The predicted molar refractivity (Wildman–Crippen MR) is 82.1 cm³/mol. The van der Waals surface area contributed by atoms with Gasteiger partial charge in [0.1, 0.15) is 0 Å². The van der Waals surface area contributed by atoms with Gasteiger partial charge >= 0.3 is 0 Å². The van der Waals surface area contributed by atoms with Gasteiger partial charge in [-0.05, 0) is 44.1 Å². The summed E-state index contributed by atoms with van der Waals surface area (Å²) in [6.45, 7) is 0. The smallest absolute Gasteiger partial charge is 0.218 e. The summed E-state index contributed by atoms with van der Waals surface area (Å²) in [5.41, 5.74) is 2.05. The van der Waals surface area contributed by atoms with Gasteiger partial charge in [-0.2, -0.15) is 4.39 Å². The molecular weight excluding hydrogens is 297 g/mol. The molecule has 5 nitrogen and oxygen atoms in total. The number of aliphatic hydroxyl groups excluding tert-OH is 2. The Morgan fingerprint density at radius 1 is 1.30 bits per heavy atom. The predicted octanol–water partition coefficient (Wildman–Crippen LogP) is 2.29. The van der Waals surface area contributed by atoms with Crippen molar-refractivity contribution in [3.05, 3.63) is 36.3 Å². The molecule has 1 saturated carbocycles. The quantitative estimate of drug-likeness (QED) is 0.852. The number of aliphatic hydroxyl groups is 2. The second-order valence-corrected chi connectivity index (χ2v) is 6.67. The van der Waals surface area contributed by atoms with Crippen molar-refractivity contribution < 1.29 is 14.6 Å². The lowest BCUT2D eigenvalue weighted by Crippen LogP contribution is -2.28. The molecule has 0 saturated heterocycles. The van der Waals surface area contributed by atoms with E-state index in [0.29, 0.717) is 17.9 Å². The molecule has 0 spiro atoms. The number of rotatable bonds is 3. The largest absolute Gasteiger partial charge is 0.393 e. The summed E-state index contributed by atoms with van der Waals surface area (Å²) in [7, 11) is 0. The van der Waals surface area contributed by atoms with Gasteiger partial charge in [0.2, 0.25) is 5.95 Å². The van der Waals surface area contributed by atoms with Crippen LogP contribution in [0.15, 0.2) is 24.8 Å². The van der Waals surface area contributed by atoms with Crippen LogP contribution in [0.1, 0.15) is 43.7 Å². The normalized spacial score (nSPS) is 27.5. The van der Waals surface area contributed by atoms with Crippen molar-refractivity contribution >= 4 is 0 Å². The number of pyridine rings is 1. The summed E-state index contributed by atoms with van der Waals surface area (Å²) in [6, 6.07) is 1.30. The lowest BCUT2D eigenvalue weighted by atomic mass is 9.82. The zero-order valence-corrected chi connectivity index (χ0v) is 12.8. The highest BCUT2D eigenvalue weighted by Gasteiger charge is 2.37. The fourth-order valence-electron chi connectivity index (χ4n) is 4.06. The highest BCUT2D eigenvalue weighted by Crippen LogP contribution is 2.43. The molecule has 6 heteroatoms. The summed E-state index contributed by atoms with van der Waals surface area (Å²) in [5.74, 6) is -0.154. The van der Waals surface area contributed by atoms with Crippen LogP contribution in [0.25, 0.3) is 11.3 Å². The minimum absolute atomic E-state index is 0.211. The number of halogens is 1. The summed E-state index contributed by atoms with van der Waals surface area (Å²) < 4.78 is 16.1. The Morgan fingerprint density at radius 3 is 2.87 bits per heavy atom. The number of fused-ring (bicyclic) bond motifs is 3. The molecule has 2 unspecified atom stereocenters. The molecule has 2 N–H and O–H groups in total. The Balaban J connectivity index is 1.61. The van der Waals surface area contributed by atoms with Gasteiger partial charge in [0.15, 0.2) is 0 Å². The van der Waals surface area contributed by atoms with E-state index in [9.17, 15) is 14.6 Å². The molecule has 4 rings (SSSR count). The molecule has 1 aliphatic carbocycles. The van der Waals surface area contributed by atoms with Gasteiger partial charge in [0.25, 0.3) is 0 Å². The third-order valence-corrected chi connectivity index (χ3v) is 5.23. The average Bonchev–Trinajstić information content (AvgIpc) is 3.11. The maximum atomic E-state index is 14.3. The van der Waals surface area contributed by atoms with Crippen LogP contribution in [-0.2, 0) is 0 Å². The number of hydrogen-bond donors (Lipinski definition) is 2. The monoisotopic (exact) mass is 317 g/mol. The van der Waals surface area contributed by atoms with E-state index in [1.165, 1.54) is 6.20 Å². The van der Waals surface area contributed by atoms with Crippen LogP contribution < -0.4 is 0 Å². The standard InChI is InChI=1S/C17H20FN3O2/c18-17-15-12(5-6-20-17)13-8-19-9-21(13)16(15)14(23)7-10-1-3-11(22)4-2-10/h5-6,8-11,14,16,22-23H,1-4,7H2. The van der Waals surface area contributed by atoms with Gasteiger partial charge in [0.05, 0.1) is 36.5 Å². The summed E-state index contributed by atoms with van der Waals surface area (Å²) in [4.78, 5) is 7.90. The molecule has 0 aromatic carbocycles. The minimum Gasteiger partial charge on any atom is -0.393 e. The van der Waals surface area contributed by atoms with Crippen LogP contribution in [0, 0.1) is 11.9 Å². The van der Waals surface area contributed by atoms with Crippen molar-refractivity contribution in [1.29, 1.82) is 0 Å². The zero-order valence-electron chi connectivity index (χ0n) is 12.8. The van der Waals surface area contributed by atoms with Crippen LogP contribution in [0.4, 0.5) is 4.39 Å². The summed E-state index contributed by atoms with van der Waals surface area (Å²) in [5, 5.41) is 20.4. The summed E-state index contributed by atoms with van der Waals surface area (Å²) >= 11 is 0. The number of nitrogens with zero attached hydrogens (tertiary/aromatic N) is 3. The van der Waals surface area contributed by atoms with E-state index in [0.717, 1.165) is 36.9 Å². The topological polar surface area (TPSA) is 71.2 Å². The highest BCUT2D eigenvalue weighted by molar-refractivity contribution is 5.68. The van der Waals surface area contributed by atoms with Gasteiger partial charge < -0.3 is 14.8 Å². The minimum atomic E-state index is -0.692. The van der Waals surface area contributed by atoms with Crippen LogP contribution in [0.2, 0.25) is 0 Å². The second kappa shape index (κ2) is 5.69. The van der Waals surface area contributed by atoms with Gasteiger partial charge in [-0.15, -0.1) is 0 Å². The third kappa shape index (κ3) is 2.46. The molecule has 2 atom stereocenters. The Labute approximate surface area is 133 Å². The van der Waals surface area contributed by atoms with Crippen molar-refractivity contribution in [2.75, 3.05) is 0 Å². The van der Waals surface area contributed by atoms with Crippen LogP contribution in [0.3, 0.4) is 0 Å². The van der Waals surface area contributed by atoms with Gasteiger partial charge in [0, 0.05) is 17.3 Å². The second-order valence-electron chi connectivity index (χ2n) is 6.67. The molecule has 3 heterocycles. The molecule has 122 valence electrons. The Hall–Kier alpha value is -1.79. The maximum absolute atomic E-state index is 14.3. The van der Waals surface area contributed by atoms with E-state index in [2.05, 4.69) is 9.97 Å². The number of hydrogen-bond acceptors (Lipinski definition) is 4. The van der Waals surface area contributed by atoms with Gasteiger partial charge in [-0.25, -0.2) is 9.97 Å². The van der Waals surface area contributed by atoms with Crippen LogP contribution in [0.5, 0.6) is 0 Å². The van der Waals surface area contributed by atoms with E-state index in [1.54, 1.807) is 18.6 Å². The van der Waals surface area contributed by atoms with Crippen molar-refractivity contribution in [3.63, 3.8) is 0 Å². The molecule has 0 amide bonds. The molecular formula is C17H20FN3O2. The first-order valence-corrected chi connectivity index (χ1v) is 8.18. The fraction of sp³-hybridized carbons (Fsp3) is 0.529. The third-order valence-electron chi connectivity index (χ3n) is 5.23. The molecule has 1 aliphatic heterocycles.